The van der Waals surface area contributed by atoms with Crippen LogP contribution < -0.4 is 5.32 Å². The van der Waals surface area contributed by atoms with Crippen LogP contribution in [0.15, 0.2) is 0 Å². The summed E-state index contributed by atoms with van der Waals surface area (Å²) in [5, 5.41) is 3.34. The Morgan fingerprint density at radius 1 is 1.33 bits per heavy atom. The van der Waals surface area contributed by atoms with Gasteiger partial charge in [-0.05, 0) is 25.7 Å². The number of rotatable bonds is 3. The standard InChI is InChI=1S/C14H27N3O/c1-3-13-5-4-8-17(11-13)14(18)12(2)16-9-6-15-7-10-16/h12-13,15H,3-11H2,1-2H3. The van der Waals surface area contributed by atoms with Gasteiger partial charge in [-0.3, -0.25) is 9.69 Å². The molecule has 0 spiro atoms. The molecule has 104 valence electrons. The number of carbonyl (C=O) groups excluding carboxylic acids is 1. The minimum Gasteiger partial charge on any atom is -0.341 e. The molecule has 1 amide bonds. The molecule has 2 saturated heterocycles. The molecule has 4 heteroatoms. The third-order valence-corrected chi connectivity index (χ3v) is 4.46. The molecule has 2 aliphatic heterocycles. The van der Waals surface area contributed by atoms with E-state index in [1.54, 1.807) is 0 Å². The predicted molar refractivity (Wildman–Crippen MR) is 73.5 cm³/mol. The van der Waals surface area contributed by atoms with Gasteiger partial charge in [-0.1, -0.05) is 13.3 Å². The Hall–Kier alpha value is -0.610. The van der Waals surface area contributed by atoms with E-state index < -0.39 is 0 Å². The van der Waals surface area contributed by atoms with Gasteiger partial charge in [0.2, 0.25) is 5.91 Å². The molecule has 1 N–H and O–H groups in total. The Labute approximate surface area is 111 Å². The summed E-state index contributed by atoms with van der Waals surface area (Å²) >= 11 is 0. The van der Waals surface area contributed by atoms with Crippen molar-refractivity contribution in [3.8, 4) is 0 Å². The number of amides is 1. The molecular formula is C14H27N3O. The molecule has 0 bridgehead atoms. The third-order valence-electron chi connectivity index (χ3n) is 4.46. The van der Waals surface area contributed by atoms with Crippen molar-refractivity contribution in [1.29, 1.82) is 0 Å². The summed E-state index contributed by atoms with van der Waals surface area (Å²) in [6.07, 6.45) is 3.67. The number of hydrogen-bond donors (Lipinski definition) is 1. The van der Waals surface area contributed by atoms with Crippen molar-refractivity contribution >= 4 is 5.91 Å². The fourth-order valence-corrected chi connectivity index (χ4v) is 3.09. The van der Waals surface area contributed by atoms with Crippen LogP contribution in [0.1, 0.15) is 33.1 Å². The van der Waals surface area contributed by atoms with Gasteiger partial charge in [0.25, 0.3) is 0 Å². The zero-order valence-electron chi connectivity index (χ0n) is 11.8. The summed E-state index contributed by atoms with van der Waals surface area (Å²) in [5.41, 5.74) is 0. The molecular weight excluding hydrogens is 226 g/mol. The average Bonchev–Trinajstić information content (AvgIpc) is 2.46. The van der Waals surface area contributed by atoms with Crippen LogP contribution in [0.5, 0.6) is 0 Å². The van der Waals surface area contributed by atoms with Crippen LogP contribution in [0, 0.1) is 5.92 Å². The van der Waals surface area contributed by atoms with E-state index in [-0.39, 0.29) is 6.04 Å². The monoisotopic (exact) mass is 253 g/mol. The lowest BCUT2D eigenvalue weighted by molar-refractivity contribution is -0.138. The Morgan fingerprint density at radius 2 is 2.06 bits per heavy atom. The highest BCUT2D eigenvalue weighted by Crippen LogP contribution is 2.20. The Bertz CT molecular complexity index is 272. The molecule has 2 heterocycles. The number of hydrogen-bond acceptors (Lipinski definition) is 3. The zero-order chi connectivity index (χ0) is 13.0. The molecule has 0 radical (unpaired) electrons. The van der Waals surface area contributed by atoms with E-state index in [2.05, 4.69) is 29.0 Å². The molecule has 18 heavy (non-hydrogen) atoms. The molecule has 2 rings (SSSR count). The SMILES string of the molecule is CCC1CCCN(C(=O)C(C)N2CCNCC2)C1. The summed E-state index contributed by atoms with van der Waals surface area (Å²) in [4.78, 5) is 16.9. The first-order valence-corrected chi connectivity index (χ1v) is 7.46. The zero-order valence-corrected chi connectivity index (χ0v) is 11.8. The lowest BCUT2D eigenvalue weighted by atomic mass is 9.95. The molecule has 2 aliphatic rings. The highest BCUT2D eigenvalue weighted by molar-refractivity contribution is 5.81. The largest absolute Gasteiger partial charge is 0.341 e. The van der Waals surface area contributed by atoms with Gasteiger partial charge in [0, 0.05) is 39.3 Å². The third kappa shape index (κ3) is 3.23. The van der Waals surface area contributed by atoms with Crippen molar-refractivity contribution in [2.75, 3.05) is 39.3 Å². The summed E-state index contributed by atoms with van der Waals surface area (Å²) < 4.78 is 0. The lowest BCUT2D eigenvalue weighted by Crippen LogP contribution is -2.54. The van der Waals surface area contributed by atoms with Crippen molar-refractivity contribution < 1.29 is 4.79 Å². The highest BCUT2D eigenvalue weighted by Gasteiger charge is 2.29. The van der Waals surface area contributed by atoms with E-state index in [1.165, 1.54) is 19.3 Å². The molecule has 4 nitrogen and oxygen atoms in total. The second kappa shape index (κ2) is 6.53. The molecule has 2 unspecified atom stereocenters. The van der Waals surface area contributed by atoms with E-state index >= 15 is 0 Å². The number of carbonyl (C=O) groups is 1. The normalized spacial score (nSPS) is 28.1. The van der Waals surface area contributed by atoms with E-state index in [0.717, 1.165) is 45.2 Å². The highest BCUT2D eigenvalue weighted by atomic mass is 16.2. The van der Waals surface area contributed by atoms with Crippen molar-refractivity contribution in [3.63, 3.8) is 0 Å². The lowest BCUT2D eigenvalue weighted by Gasteiger charge is -2.38. The maximum atomic E-state index is 12.5. The van der Waals surface area contributed by atoms with Crippen LogP contribution in [0.4, 0.5) is 0 Å². The van der Waals surface area contributed by atoms with Gasteiger partial charge in [0.1, 0.15) is 0 Å². The van der Waals surface area contributed by atoms with E-state index in [9.17, 15) is 4.79 Å². The molecule has 2 fully saturated rings. The maximum absolute atomic E-state index is 12.5. The van der Waals surface area contributed by atoms with Crippen molar-refractivity contribution in [1.82, 2.24) is 15.1 Å². The fraction of sp³-hybridized carbons (Fsp3) is 0.929. The van der Waals surface area contributed by atoms with Crippen LogP contribution in [0.3, 0.4) is 0 Å². The summed E-state index contributed by atoms with van der Waals surface area (Å²) in [6.45, 7) is 10.3. The van der Waals surface area contributed by atoms with Crippen LogP contribution >= 0.6 is 0 Å². The predicted octanol–water partition coefficient (Wildman–Crippen LogP) is 0.929. The van der Waals surface area contributed by atoms with Gasteiger partial charge < -0.3 is 10.2 Å². The molecule has 0 aromatic carbocycles. The molecule has 0 aromatic rings. The fourth-order valence-electron chi connectivity index (χ4n) is 3.09. The Balaban J connectivity index is 1.88. The first-order valence-electron chi connectivity index (χ1n) is 7.46. The van der Waals surface area contributed by atoms with Crippen LogP contribution in [-0.2, 0) is 4.79 Å². The van der Waals surface area contributed by atoms with Crippen LogP contribution in [-0.4, -0.2) is 61.0 Å². The number of piperidine rings is 1. The minimum absolute atomic E-state index is 0.0581. The summed E-state index contributed by atoms with van der Waals surface area (Å²) in [6, 6.07) is 0.0581. The van der Waals surface area contributed by atoms with Crippen LogP contribution in [0.25, 0.3) is 0 Å². The Kier molecular flexibility index (Phi) is 5.01. The van der Waals surface area contributed by atoms with Crippen molar-refractivity contribution in [3.05, 3.63) is 0 Å². The topological polar surface area (TPSA) is 35.6 Å². The summed E-state index contributed by atoms with van der Waals surface area (Å²) in [5.74, 6) is 1.06. The second-order valence-corrected chi connectivity index (χ2v) is 5.66. The average molecular weight is 253 g/mol. The van der Waals surface area contributed by atoms with Gasteiger partial charge in [0.15, 0.2) is 0 Å². The smallest absolute Gasteiger partial charge is 0.239 e. The molecule has 0 aliphatic carbocycles. The maximum Gasteiger partial charge on any atom is 0.239 e. The van der Waals surface area contributed by atoms with Crippen molar-refractivity contribution in [2.45, 2.75) is 39.2 Å². The second-order valence-electron chi connectivity index (χ2n) is 5.66. The van der Waals surface area contributed by atoms with Gasteiger partial charge in [-0.25, -0.2) is 0 Å². The minimum atomic E-state index is 0.0581. The van der Waals surface area contributed by atoms with E-state index in [1.807, 2.05) is 0 Å². The molecule has 0 aromatic heterocycles. The van der Waals surface area contributed by atoms with Gasteiger partial charge in [-0.15, -0.1) is 0 Å². The quantitative estimate of drug-likeness (QED) is 0.813. The number of nitrogens with one attached hydrogen (secondary N) is 1. The Morgan fingerprint density at radius 3 is 2.72 bits per heavy atom. The summed E-state index contributed by atoms with van der Waals surface area (Å²) in [7, 11) is 0. The molecule has 0 saturated carbocycles. The van der Waals surface area contributed by atoms with Crippen molar-refractivity contribution in [2.24, 2.45) is 5.92 Å². The van der Waals surface area contributed by atoms with Crippen LogP contribution in [0.2, 0.25) is 0 Å². The van der Waals surface area contributed by atoms with Gasteiger partial charge in [0.05, 0.1) is 6.04 Å². The first-order chi connectivity index (χ1) is 8.72. The molecule has 2 atom stereocenters. The van der Waals surface area contributed by atoms with E-state index in [4.69, 9.17) is 0 Å². The number of piperazine rings is 1. The number of likely N-dealkylation sites (tertiary alicyclic amines) is 1. The van der Waals surface area contributed by atoms with Gasteiger partial charge in [-0.2, -0.15) is 0 Å². The van der Waals surface area contributed by atoms with E-state index in [0.29, 0.717) is 5.91 Å². The number of nitrogens with zero attached hydrogens (tertiary/aromatic N) is 2. The first kappa shape index (κ1) is 13.8. The van der Waals surface area contributed by atoms with Gasteiger partial charge >= 0.3 is 0 Å².